The van der Waals surface area contributed by atoms with Gasteiger partial charge in [0.2, 0.25) is 0 Å². The summed E-state index contributed by atoms with van der Waals surface area (Å²) in [4.78, 5) is 3.80. The lowest BCUT2D eigenvalue weighted by molar-refractivity contribution is 0.720. The molecular formula is C6H6ClN3. The number of halogens is 1. The molecule has 0 spiro atoms. The van der Waals surface area contributed by atoms with E-state index in [9.17, 15) is 0 Å². The van der Waals surface area contributed by atoms with Crippen LogP contribution in [0.1, 0.15) is 0 Å². The third-order valence-corrected chi connectivity index (χ3v) is 1.31. The predicted molar refractivity (Wildman–Crippen MR) is 37.5 cm³/mol. The van der Waals surface area contributed by atoms with Crippen LogP contribution in [0.5, 0.6) is 0 Å². The topological polar surface area (TPSA) is 41.6 Å². The SMILES string of the molecule is N#C[C@H](Cl)Cn1ccnc1. The maximum absolute atomic E-state index is 8.32. The lowest BCUT2D eigenvalue weighted by Gasteiger charge is -1.99. The lowest BCUT2D eigenvalue weighted by atomic mass is 10.4. The molecule has 0 bridgehead atoms. The van der Waals surface area contributed by atoms with Crippen LogP contribution in [-0.2, 0) is 6.54 Å². The van der Waals surface area contributed by atoms with Crippen molar-refractivity contribution in [2.75, 3.05) is 0 Å². The van der Waals surface area contributed by atoms with E-state index in [1.807, 2.05) is 6.07 Å². The monoisotopic (exact) mass is 155 g/mol. The highest BCUT2D eigenvalue weighted by atomic mass is 35.5. The van der Waals surface area contributed by atoms with Crippen molar-refractivity contribution in [3.8, 4) is 6.07 Å². The van der Waals surface area contributed by atoms with Crippen LogP contribution in [0.2, 0.25) is 0 Å². The van der Waals surface area contributed by atoms with Crippen molar-refractivity contribution in [3.05, 3.63) is 18.7 Å². The van der Waals surface area contributed by atoms with Crippen LogP contribution < -0.4 is 0 Å². The summed E-state index contributed by atoms with van der Waals surface area (Å²) in [5, 5.41) is 7.85. The second-order valence-electron chi connectivity index (χ2n) is 1.86. The first-order valence-electron chi connectivity index (χ1n) is 2.82. The summed E-state index contributed by atoms with van der Waals surface area (Å²) >= 11 is 5.55. The molecule has 0 aliphatic carbocycles. The summed E-state index contributed by atoms with van der Waals surface area (Å²) in [5.74, 6) is 0. The van der Waals surface area contributed by atoms with E-state index in [0.717, 1.165) is 0 Å². The molecule has 0 radical (unpaired) electrons. The Labute approximate surface area is 63.9 Å². The summed E-state index contributed by atoms with van der Waals surface area (Å²) < 4.78 is 1.76. The first-order chi connectivity index (χ1) is 4.83. The largest absolute Gasteiger partial charge is 0.335 e. The van der Waals surface area contributed by atoms with Crippen LogP contribution in [0, 0.1) is 11.3 Å². The van der Waals surface area contributed by atoms with Crippen molar-refractivity contribution in [2.24, 2.45) is 0 Å². The Hall–Kier alpha value is -1.01. The number of hydrogen-bond acceptors (Lipinski definition) is 2. The summed E-state index contributed by atoms with van der Waals surface area (Å²) in [6.45, 7) is 0.498. The molecule has 10 heavy (non-hydrogen) atoms. The van der Waals surface area contributed by atoms with E-state index in [2.05, 4.69) is 4.98 Å². The molecule has 0 N–H and O–H groups in total. The van der Waals surface area contributed by atoms with Gasteiger partial charge in [0.25, 0.3) is 0 Å². The maximum atomic E-state index is 8.32. The van der Waals surface area contributed by atoms with Crippen LogP contribution in [0.4, 0.5) is 0 Å². The molecule has 0 saturated carbocycles. The number of nitrogens with zero attached hydrogens (tertiary/aromatic N) is 3. The zero-order valence-corrected chi connectivity index (χ0v) is 5.99. The van der Waals surface area contributed by atoms with Crippen molar-refractivity contribution in [2.45, 2.75) is 11.9 Å². The molecule has 52 valence electrons. The van der Waals surface area contributed by atoms with E-state index in [-0.39, 0.29) is 0 Å². The van der Waals surface area contributed by atoms with Crippen molar-refractivity contribution in [1.82, 2.24) is 9.55 Å². The van der Waals surface area contributed by atoms with E-state index in [4.69, 9.17) is 16.9 Å². The van der Waals surface area contributed by atoms with Crippen LogP contribution in [0.3, 0.4) is 0 Å². The standard InChI is InChI=1S/C6H6ClN3/c7-6(3-8)4-10-2-1-9-5-10/h1-2,5-6H,4H2/t6-/m0/s1. The van der Waals surface area contributed by atoms with Crippen LogP contribution >= 0.6 is 11.6 Å². The summed E-state index contributed by atoms with van der Waals surface area (Å²) in [7, 11) is 0. The van der Waals surface area contributed by atoms with Gasteiger partial charge in [-0.1, -0.05) is 0 Å². The molecule has 1 heterocycles. The normalized spacial score (nSPS) is 12.4. The number of rotatable bonds is 2. The van der Waals surface area contributed by atoms with Gasteiger partial charge in [-0.2, -0.15) is 5.26 Å². The molecule has 1 aromatic rings. The van der Waals surface area contributed by atoms with Crippen LogP contribution in [0.25, 0.3) is 0 Å². The Bertz CT molecular complexity index is 224. The van der Waals surface area contributed by atoms with E-state index >= 15 is 0 Å². The predicted octanol–water partition coefficient (Wildman–Crippen LogP) is 1.01. The van der Waals surface area contributed by atoms with E-state index in [0.29, 0.717) is 6.54 Å². The van der Waals surface area contributed by atoms with Gasteiger partial charge in [-0.25, -0.2) is 4.98 Å². The zero-order valence-electron chi connectivity index (χ0n) is 5.24. The molecule has 3 nitrogen and oxygen atoms in total. The molecule has 0 aliphatic heterocycles. The molecule has 1 aromatic heterocycles. The molecule has 1 rings (SSSR count). The smallest absolute Gasteiger partial charge is 0.138 e. The van der Waals surface area contributed by atoms with Crippen molar-refractivity contribution >= 4 is 11.6 Å². The van der Waals surface area contributed by atoms with E-state index < -0.39 is 5.38 Å². The summed E-state index contributed by atoms with van der Waals surface area (Å²) in [5.41, 5.74) is 0. The second kappa shape index (κ2) is 3.23. The highest BCUT2D eigenvalue weighted by Crippen LogP contribution is 1.97. The van der Waals surface area contributed by atoms with Gasteiger partial charge in [0.1, 0.15) is 5.38 Å². The highest BCUT2D eigenvalue weighted by molar-refractivity contribution is 6.22. The number of aromatic nitrogens is 2. The van der Waals surface area contributed by atoms with Gasteiger partial charge in [0.05, 0.1) is 18.9 Å². The summed E-state index contributed by atoms with van der Waals surface area (Å²) in [6.07, 6.45) is 5.06. The fourth-order valence-electron chi connectivity index (χ4n) is 0.621. The van der Waals surface area contributed by atoms with Gasteiger partial charge >= 0.3 is 0 Å². The highest BCUT2D eigenvalue weighted by Gasteiger charge is 2.00. The fourth-order valence-corrected chi connectivity index (χ4v) is 0.780. The third kappa shape index (κ3) is 1.74. The van der Waals surface area contributed by atoms with E-state index in [1.165, 1.54) is 0 Å². The van der Waals surface area contributed by atoms with Gasteiger partial charge in [0, 0.05) is 12.4 Å². The van der Waals surface area contributed by atoms with Crippen LogP contribution in [0.15, 0.2) is 18.7 Å². The van der Waals surface area contributed by atoms with Gasteiger partial charge < -0.3 is 4.57 Å². The van der Waals surface area contributed by atoms with Crippen LogP contribution in [-0.4, -0.2) is 14.9 Å². The van der Waals surface area contributed by atoms with Crippen molar-refractivity contribution < 1.29 is 0 Å². The molecule has 0 aromatic carbocycles. The minimum atomic E-state index is -0.464. The Morgan fingerprint density at radius 3 is 3.10 bits per heavy atom. The van der Waals surface area contributed by atoms with Crippen molar-refractivity contribution in [1.29, 1.82) is 5.26 Å². The molecule has 0 fully saturated rings. The average Bonchev–Trinajstić information content (AvgIpc) is 2.40. The molecule has 0 amide bonds. The number of alkyl halides is 1. The minimum absolute atomic E-state index is 0.464. The fraction of sp³-hybridized carbons (Fsp3) is 0.333. The van der Waals surface area contributed by atoms with Gasteiger partial charge in [-0.15, -0.1) is 11.6 Å². The van der Waals surface area contributed by atoms with Gasteiger partial charge in [-0.05, 0) is 0 Å². The Balaban J connectivity index is 2.50. The Morgan fingerprint density at radius 1 is 1.80 bits per heavy atom. The number of nitriles is 1. The molecular weight excluding hydrogens is 150 g/mol. The molecule has 0 aliphatic rings. The van der Waals surface area contributed by atoms with Gasteiger partial charge in [0.15, 0.2) is 0 Å². The Kier molecular flexibility index (Phi) is 2.30. The van der Waals surface area contributed by atoms with E-state index in [1.54, 1.807) is 23.3 Å². The van der Waals surface area contributed by atoms with Crippen molar-refractivity contribution in [3.63, 3.8) is 0 Å². The zero-order chi connectivity index (χ0) is 7.40. The quantitative estimate of drug-likeness (QED) is 0.599. The molecule has 4 heteroatoms. The number of hydrogen-bond donors (Lipinski definition) is 0. The van der Waals surface area contributed by atoms with Gasteiger partial charge in [-0.3, -0.25) is 0 Å². The average molecular weight is 156 g/mol. The number of imidazole rings is 1. The third-order valence-electron chi connectivity index (χ3n) is 1.07. The Morgan fingerprint density at radius 2 is 2.60 bits per heavy atom. The minimum Gasteiger partial charge on any atom is -0.335 e. The molecule has 0 saturated heterocycles. The summed E-state index contributed by atoms with van der Waals surface area (Å²) in [6, 6.07) is 1.92. The molecule has 1 atom stereocenters. The molecule has 0 unspecified atom stereocenters. The second-order valence-corrected chi connectivity index (χ2v) is 2.38. The first kappa shape index (κ1) is 7.10. The lowest BCUT2D eigenvalue weighted by Crippen LogP contribution is -2.05. The maximum Gasteiger partial charge on any atom is 0.138 e. The first-order valence-corrected chi connectivity index (χ1v) is 3.26.